The molecule has 0 amide bonds. The number of fused-ring (bicyclic) bond motifs is 1. The third-order valence-corrected chi connectivity index (χ3v) is 3.78. The van der Waals surface area contributed by atoms with Crippen LogP contribution < -0.4 is 5.73 Å². The Hall–Kier alpha value is -1.52. The van der Waals surface area contributed by atoms with E-state index in [0.717, 1.165) is 0 Å². The molecule has 0 radical (unpaired) electrons. The molecule has 3 heterocycles. The molecule has 3 unspecified atom stereocenters. The van der Waals surface area contributed by atoms with Crippen LogP contribution in [0.3, 0.4) is 0 Å². The van der Waals surface area contributed by atoms with Crippen molar-refractivity contribution in [2.75, 3.05) is 12.3 Å². The van der Waals surface area contributed by atoms with E-state index in [0.29, 0.717) is 5.52 Å². The van der Waals surface area contributed by atoms with Gasteiger partial charge < -0.3 is 25.8 Å². The van der Waals surface area contributed by atoms with Crippen LogP contribution in [0.2, 0.25) is 5.28 Å². The second-order valence-electron chi connectivity index (χ2n) is 5.08. The minimum Gasteiger partial charge on any atom is -0.394 e. The lowest BCUT2D eigenvalue weighted by Gasteiger charge is -2.27. The molecule has 0 aromatic carbocycles. The SMILES string of the molecule is C[C@@]1(O)C(O)C(CO)OC1n1cnc2c(N)nc(Cl)nc21. The first-order valence-electron chi connectivity index (χ1n) is 6.18. The Labute approximate surface area is 124 Å². The first kappa shape index (κ1) is 14.4. The molecule has 0 bridgehead atoms. The van der Waals surface area contributed by atoms with E-state index in [1.165, 1.54) is 17.8 Å². The highest BCUT2D eigenvalue weighted by Crippen LogP contribution is 2.39. The van der Waals surface area contributed by atoms with Crippen LogP contribution in [0.5, 0.6) is 0 Å². The summed E-state index contributed by atoms with van der Waals surface area (Å²) in [5, 5.41) is 29.6. The second kappa shape index (κ2) is 4.75. The molecule has 3 rings (SSSR count). The molecule has 2 aromatic rings. The molecule has 0 aliphatic carbocycles. The van der Waals surface area contributed by atoms with Gasteiger partial charge >= 0.3 is 0 Å². The monoisotopic (exact) mass is 315 g/mol. The summed E-state index contributed by atoms with van der Waals surface area (Å²) in [5.41, 5.74) is 4.64. The molecule has 0 spiro atoms. The Bertz CT molecular complexity index is 691. The maximum atomic E-state index is 10.5. The van der Waals surface area contributed by atoms with Crippen LogP contribution in [0.1, 0.15) is 13.2 Å². The third kappa shape index (κ3) is 2.05. The predicted octanol–water partition coefficient (Wildman–Crippen LogP) is -0.937. The maximum Gasteiger partial charge on any atom is 0.226 e. The number of hydrogen-bond donors (Lipinski definition) is 4. The van der Waals surface area contributed by atoms with Gasteiger partial charge in [-0.05, 0) is 18.5 Å². The van der Waals surface area contributed by atoms with Gasteiger partial charge in [0.2, 0.25) is 5.28 Å². The number of hydrogen-bond acceptors (Lipinski definition) is 8. The average molecular weight is 316 g/mol. The average Bonchev–Trinajstić information content (AvgIpc) is 2.91. The predicted molar refractivity (Wildman–Crippen MR) is 72.4 cm³/mol. The molecule has 1 fully saturated rings. The number of aromatic nitrogens is 4. The smallest absolute Gasteiger partial charge is 0.226 e. The van der Waals surface area contributed by atoms with E-state index in [-0.39, 0.29) is 16.7 Å². The van der Waals surface area contributed by atoms with E-state index in [2.05, 4.69) is 15.0 Å². The largest absolute Gasteiger partial charge is 0.394 e. The Morgan fingerprint density at radius 3 is 2.86 bits per heavy atom. The van der Waals surface area contributed by atoms with Gasteiger partial charge in [0.15, 0.2) is 17.7 Å². The number of nitrogens with zero attached hydrogens (tertiary/aromatic N) is 4. The summed E-state index contributed by atoms with van der Waals surface area (Å²) in [6, 6.07) is 0. The number of aliphatic hydroxyl groups is 3. The quantitative estimate of drug-likeness (QED) is 0.521. The summed E-state index contributed by atoms with van der Waals surface area (Å²) < 4.78 is 6.90. The van der Waals surface area contributed by atoms with Crippen LogP contribution in [0.25, 0.3) is 11.2 Å². The first-order valence-corrected chi connectivity index (χ1v) is 6.56. The van der Waals surface area contributed by atoms with Gasteiger partial charge in [0.1, 0.15) is 23.3 Å². The molecule has 9 nitrogen and oxygen atoms in total. The minimum atomic E-state index is -1.65. The van der Waals surface area contributed by atoms with Crippen LogP contribution in [-0.2, 0) is 4.74 Å². The van der Waals surface area contributed by atoms with Crippen molar-refractivity contribution in [1.82, 2.24) is 19.5 Å². The fourth-order valence-corrected chi connectivity index (χ4v) is 2.64. The highest BCUT2D eigenvalue weighted by atomic mass is 35.5. The van der Waals surface area contributed by atoms with E-state index in [1.54, 1.807) is 0 Å². The van der Waals surface area contributed by atoms with Crippen molar-refractivity contribution >= 4 is 28.6 Å². The standard InChI is InChI=1S/C11H14ClN5O4/c1-11(20)6(19)4(2-18)21-9(11)17-3-14-5-7(13)15-10(12)16-8(5)17/h3-4,6,9,18-20H,2H2,1H3,(H2,13,15,16)/t4?,6?,9?,11-/m1/s1. The van der Waals surface area contributed by atoms with Crippen molar-refractivity contribution in [3.05, 3.63) is 11.6 Å². The molecular weight excluding hydrogens is 302 g/mol. The fourth-order valence-electron chi connectivity index (χ4n) is 2.47. The lowest BCUT2D eigenvalue weighted by molar-refractivity contribution is -0.0950. The summed E-state index contributed by atoms with van der Waals surface area (Å²) in [6.07, 6.45) is -1.82. The molecule has 21 heavy (non-hydrogen) atoms. The summed E-state index contributed by atoms with van der Waals surface area (Å²) in [6.45, 7) is 0.967. The van der Waals surface area contributed by atoms with Crippen LogP contribution in [0.4, 0.5) is 5.82 Å². The van der Waals surface area contributed by atoms with Crippen LogP contribution in [0, 0.1) is 0 Å². The van der Waals surface area contributed by atoms with Gasteiger partial charge in [-0.2, -0.15) is 9.97 Å². The first-order chi connectivity index (χ1) is 9.86. The minimum absolute atomic E-state index is 0.0707. The van der Waals surface area contributed by atoms with E-state index in [4.69, 9.17) is 22.1 Å². The number of anilines is 1. The normalized spacial score (nSPS) is 32.9. The van der Waals surface area contributed by atoms with Crippen molar-refractivity contribution in [1.29, 1.82) is 0 Å². The molecule has 5 N–H and O–H groups in total. The van der Waals surface area contributed by atoms with Crippen molar-refractivity contribution in [3.63, 3.8) is 0 Å². The highest BCUT2D eigenvalue weighted by Gasteiger charge is 2.53. The number of aliphatic hydroxyl groups excluding tert-OH is 2. The van der Waals surface area contributed by atoms with Crippen molar-refractivity contribution in [2.45, 2.75) is 31.0 Å². The number of nitrogens with two attached hydrogens (primary N) is 1. The molecule has 1 aliphatic rings. The lowest BCUT2D eigenvalue weighted by Crippen LogP contribution is -2.44. The summed E-state index contributed by atoms with van der Waals surface area (Å²) in [5.74, 6) is 0.0978. The van der Waals surface area contributed by atoms with E-state index < -0.39 is 30.6 Å². The van der Waals surface area contributed by atoms with Gasteiger partial charge in [-0.15, -0.1) is 0 Å². The Kier molecular flexibility index (Phi) is 3.26. The fraction of sp³-hybridized carbons (Fsp3) is 0.545. The summed E-state index contributed by atoms with van der Waals surface area (Å²) in [7, 11) is 0. The molecular formula is C11H14ClN5O4. The second-order valence-corrected chi connectivity index (χ2v) is 5.42. The van der Waals surface area contributed by atoms with Gasteiger partial charge in [0, 0.05) is 0 Å². The van der Waals surface area contributed by atoms with Gasteiger partial charge in [0.25, 0.3) is 0 Å². The van der Waals surface area contributed by atoms with Crippen molar-refractivity contribution in [2.24, 2.45) is 0 Å². The van der Waals surface area contributed by atoms with E-state index in [9.17, 15) is 15.3 Å². The molecule has 1 saturated heterocycles. The van der Waals surface area contributed by atoms with Gasteiger partial charge in [0.05, 0.1) is 12.9 Å². The molecule has 10 heteroatoms. The Morgan fingerprint density at radius 2 is 2.24 bits per heavy atom. The molecule has 1 aliphatic heterocycles. The zero-order chi connectivity index (χ0) is 15.4. The lowest BCUT2D eigenvalue weighted by atomic mass is 9.96. The van der Waals surface area contributed by atoms with E-state index in [1.807, 2.05) is 0 Å². The van der Waals surface area contributed by atoms with Gasteiger partial charge in [-0.25, -0.2) is 4.98 Å². The third-order valence-electron chi connectivity index (χ3n) is 3.61. The molecule has 4 atom stereocenters. The topological polar surface area (TPSA) is 140 Å². The molecule has 114 valence electrons. The van der Waals surface area contributed by atoms with Gasteiger partial charge in [-0.3, -0.25) is 4.57 Å². The number of halogens is 1. The number of imidazole rings is 1. The number of ether oxygens (including phenoxy) is 1. The molecule has 2 aromatic heterocycles. The van der Waals surface area contributed by atoms with E-state index >= 15 is 0 Å². The summed E-state index contributed by atoms with van der Waals surface area (Å²) >= 11 is 5.78. The van der Waals surface area contributed by atoms with Crippen molar-refractivity contribution < 1.29 is 20.1 Å². The molecule has 0 saturated carbocycles. The van der Waals surface area contributed by atoms with Crippen LogP contribution in [0.15, 0.2) is 6.33 Å². The van der Waals surface area contributed by atoms with Gasteiger partial charge in [-0.1, -0.05) is 0 Å². The Balaban J connectivity index is 2.13. The maximum absolute atomic E-state index is 10.5. The van der Waals surface area contributed by atoms with Crippen molar-refractivity contribution in [3.8, 4) is 0 Å². The number of rotatable bonds is 2. The zero-order valence-electron chi connectivity index (χ0n) is 11.0. The zero-order valence-corrected chi connectivity index (χ0v) is 11.8. The summed E-state index contributed by atoms with van der Waals surface area (Å²) in [4.78, 5) is 11.9. The highest BCUT2D eigenvalue weighted by molar-refractivity contribution is 6.28. The Morgan fingerprint density at radius 1 is 1.52 bits per heavy atom. The number of nitrogen functional groups attached to an aromatic ring is 1. The van der Waals surface area contributed by atoms with Crippen LogP contribution in [-0.4, -0.2) is 59.3 Å². The van der Waals surface area contributed by atoms with Crippen LogP contribution >= 0.6 is 11.6 Å².